The van der Waals surface area contributed by atoms with E-state index >= 15 is 0 Å². The van der Waals surface area contributed by atoms with Crippen LogP contribution >= 0.6 is 50.7 Å². The van der Waals surface area contributed by atoms with Gasteiger partial charge in [0.25, 0.3) is 0 Å². The molecule has 1 amide bonds. The molecule has 1 atom stereocenters. The van der Waals surface area contributed by atoms with Gasteiger partial charge in [-0.2, -0.15) is 0 Å². The Morgan fingerprint density at radius 2 is 2.06 bits per heavy atom. The number of rotatable bonds is 2. The summed E-state index contributed by atoms with van der Waals surface area (Å²) in [7, 11) is 0. The van der Waals surface area contributed by atoms with Crippen LogP contribution in [0.15, 0.2) is 22.7 Å². The van der Waals surface area contributed by atoms with Crippen molar-refractivity contribution in [3.05, 3.63) is 27.7 Å². The molecule has 0 radical (unpaired) electrons. The number of amides is 1. The minimum absolute atomic E-state index is 0.216. The molecule has 2 nitrogen and oxygen atoms in total. The van der Waals surface area contributed by atoms with Crippen molar-refractivity contribution in [2.45, 2.75) is 17.7 Å². The first kappa shape index (κ1) is 13.5. The van der Waals surface area contributed by atoms with E-state index in [0.717, 1.165) is 4.47 Å². The van der Waals surface area contributed by atoms with Gasteiger partial charge in [-0.25, -0.2) is 0 Å². The van der Waals surface area contributed by atoms with Gasteiger partial charge in [-0.3, -0.25) is 4.79 Å². The highest BCUT2D eigenvalue weighted by molar-refractivity contribution is 9.10. The Morgan fingerprint density at radius 1 is 1.47 bits per heavy atom. The zero-order valence-corrected chi connectivity index (χ0v) is 12.7. The molecule has 1 fully saturated rings. The summed E-state index contributed by atoms with van der Waals surface area (Å²) in [5.74, 6) is -0.216. The maximum atomic E-state index is 12.0. The Balaban J connectivity index is 2.15. The summed E-state index contributed by atoms with van der Waals surface area (Å²) in [4.78, 5) is 12.0. The molecule has 6 heteroatoms. The Hall–Kier alpha value is 0.0400. The van der Waals surface area contributed by atoms with E-state index in [2.05, 4.69) is 21.2 Å². The smallest absolute Gasteiger partial charge is 0.233 e. The van der Waals surface area contributed by atoms with Gasteiger partial charge in [0, 0.05) is 4.47 Å². The van der Waals surface area contributed by atoms with Gasteiger partial charge >= 0.3 is 0 Å². The summed E-state index contributed by atoms with van der Waals surface area (Å²) >= 11 is 21.2. The molecule has 92 valence electrons. The van der Waals surface area contributed by atoms with Crippen LogP contribution in [0.2, 0.25) is 5.02 Å². The molecule has 1 aromatic carbocycles. The Kier molecular flexibility index (Phi) is 3.41. The molecular formula is C11H9BrCl3NO. The zero-order valence-electron chi connectivity index (χ0n) is 8.86. The fourth-order valence-corrected chi connectivity index (χ4v) is 2.92. The quantitative estimate of drug-likeness (QED) is 0.769. The summed E-state index contributed by atoms with van der Waals surface area (Å²) in [5, 5.41) is 3.20. The molecule has 17 heavy (non-hydrogen) atoms. The average Bonchev–Trinajstić information content (AvgIpc) is 2.72. The Bertz CT molecular complexity index is 492. The largest absolute Gasteiger partial charge is 0.324 e. The molecule has 1 unspecified atom stereocenters. The summed E-state index contributed by atoms with van der Waals surface area (Å²) in [6.07, 6.45) is 0.448. The normalized spacial score (nSPS) is 25.5. The monoisotopic (exact) mass is 355 g/mol. The van der Waals surface area contributed by atoms with E-state index in [4.69, 9.17) is 34.8 Å². The highest BCUT2D eigenvalue weighted by atomic mass is 79.9. The second-order valence-electron chi connectivity index (χ2n) is 4.29. The van der Waals surface area contributed by atoms with Gasteiger partial charge in [-0.15, -0.1) is 23.2 Å². The molecule has 1 aliphatic rings. The van der Waals surface area contributed by atoms with Crippen LogP contribution in [0.25, 0.3) is 0 Å². The second-order valence-corrected chi connectivity index (χ2v) is 7.10. The van der Waals surface area contributed by atoms with Crippen molar-refractivity contribution in [1.29, 1.82) is 0 Å². The molecule has 0 aliphatic heterocycles. The van der Waals surface area contributed by atoms with E-state index in [1.165, 1.54) is 0 Å². The van der Waals surface area contributed by atoms with E-state index in [1.807, 2.05) is 0 Å². The third-order valence-electron chi connectivity index (χ3n) is 2.94. The van der Waals surface area contributed by atoms with Gasteiger partial charge in [0.05, 0.1) is 16.1 Å². The predicted octanol–water partition coefficient (Wildman–Crippen LogP) is 4.62. The number of carbonyl (C=O) groups is 1. The molecule has 1 aromatic rings. The van der Waals surface area contributed by atoms with Crippen molar-refractivity contribution in [2.24, 2.45) is 5.41 Å². The maximum Gasteiger partial charge on any atom is 0.233 e. The molecule has 1 aliphatic carbocycles. The average molecular weight is 357 g/mol. The highest BCUT2D eigenvalue weighted by Crippen LogP contribution is 2.64. The van der Waals surface area contributed by atoms with Crippen molar-refractivity contribution < 1.29 is 4.79 Å². The topological polar surface area (TPSA) is 29.1 Å². The molecule has 0 spiro atoms. The fraction of sp³-hybridized carbons (Fsp3) is 0.364. The number of hydrogen-bond acceptors (Lipinski definition) is 1. The van der Waals surface area contributed by atoms with Gasteiger partial charge in [0.2, 0.25) is 5.91 Å². The van der Waals surface area contributed by atoms with Crippen molar-refractivity contribution in [3.8, 4) is 0 Å². The van der Waals surface area contributed by atoms with E-state index in [9.17, 15) is 4.79 Å². The van der Waals surface area contributed by atoms with Crippen LogP contribution in [0, 0.1) is 5.41 Å². The highest BCUT2D eigenvalue weighted by Gasteiger charge is 2.67. The maximum absolute atomic E-state index is 12.0. The lowest BCUT2D eigenvalue weighted by Crippen LogP contribution is -2.26. The summed E-state index contributed by atoms with van der Waals surface area (Å²) in [6, 6.07) is 5.23. The van der Waals surface area contributed by atoms with Crippen LogP contribution in [0.1, 0.15) is 13.3 Å². The zero-order chi connectivity index (χ0) is 12.8. The van der Waals surface area contributed by atoms with Gasteiger partial charge in [0.1, 0.15) is 4.33 Å². The Morgan fingerprint density at radius 3 is 2.53 bits per heavy atom. The first-order valence-corrected chi connectivity index (χ1v) is 6.83. The summed E-state index contributed by atoms with van der Waals surface area (Å²) < 4.78 is -0.124. The number of hydrogen-bond donors (Lipinski definition) is 1. The molecule has 1 N–H and O–H groups in total. The van der Waals surface area contributed by atoms with Crippen molar-refractivity contribution in [3.63, 3.8) is 0 Å². The number of benzene rings is 1. The predicted molar refractivity (Wildman–Crippen MR) is 74.9 cm³/mol. The molecule has 0 aromatic heterocycles. The number of alkyl halides is 2. The van der Waals surface area contributed by atoms with Crippen LogP contribution < -0.4 is 5.32 Å². The Labute approximate surface area is 123 Å². The molecule has 0 saturated heterocycles. The summed E-state index contributed by atoms with van der Waals surface area (Å²) in [5.41, 5.74) is -0.191. The standard InChI is InChI=1S/C11H9BrCl3NO/c1-10(5-11(10,14)15)9(17)16-8-3-2-6(12)4-7(8)13/h2-4H,5H2,1H3,(H,16,17). The minimum Gasteiger partial charge on any atom is -0.324 e. The van der Waals surface area contributed by atoms with Gasteiger partial charge in [-0.05, 0) is 31.5 Å². The number of carbonyl (C=O) groups excluding carboxylic acids is 1. The second kappa shape index (κ2) is 4.30. The third kappa shape index (κ3) is 2.43. The number of anilines is 1. The van der Waals surface area contributed by atoms with Crippen molar-refractivity contribution >= 4 is 62.3 Å². The number of halogens is 4. The first-order chi connectivity index (χ1) is 7.76. The van der Waals surface area contributed by atoms with Gasteiger partial charge in [0.15, 0.2) is 0 Å². The lowest BCUT2D eigenvalue weighted by molar-refractivity contribution is -0.120. The van der Waals surface area contributed by atoms with E-state index in [0.29, 0.717) is 17.1 Å². The van der Waals surface area contributed by atoms with Crippen molar-refractivity contribution in [2.75, 3.05) is 5.32 Å². The van der Waals surface area contributed by atoms with Gasteiger partial charge in [-0.1, -0.05) is 27.5 Å². The van der Waals surface area contributed by atoms with Gasteiger partial charge < -0.3 is 5.32 Å². The first-order valence-electron chi connectivity index (χ1n) is 4.91. The van der Waals surface area contributed by atoms with Crippen LogP contribution in [0.5, 0.6) is 0 Å². The lowest BCUT2D eigenvalue weighted by Gasteiger charge is -2.13. The van der Waals surface area contributed by atoms with E-state index < -0.39 is 9.75 Å². The molecule has 1 saturated carbocycles. The minimum atomic E-state index is -0.973. The molecule has 0 heterocycles. The number of nitrogens with one attached hydrogen (secondary N) is 1. The van der Waals surface area contributed by atoms with E-state index in [1.54, 1.807) is 25.1 Å². The lowest BCUT2D eigenvalue weighted by atomic mass is 10.1. The third-order valence-corrected chi connectivity index (χ3v) is 4.85. The molecule has 0 bridgehead atoms. The fourth-order valence-electron chi connectivity index (χ4n) is 1.50. The summed E-state index contributed by atoms with van der Waals surface area (Å²) in [6.45, 7) is 1.73. The molecule has 2 rings (SSSR count). The van der Waals surface area contributed by atoms with Crippen LogP contribution in [-0.2, 0) is 4.79 Å². The van der Waals surface area contributed by atoms with Crippen LogP contribution in [0.4, 0.5) is 5.69 Å². The van der Waals surface area contributed by atoms with Crippen LogP contribution in [0.3, 0.4) is 0 Å². The molecular weight excluding hydrogens is 348 g/mol. The SMILES string of the molecule is CC1(C(=O)Nc2ccc(Br)cc2Cl)CC1(Cl)Cl. The van der Waals surface area contributed by atoms with Crippen molar-refractivity contribution in [1.82, 2.24) is 0 Å². The van der Waals surface area contributed by atoms with Crippen LogP contribution in [-0.4, -0.2) is 10.2 Å². The van der Waals surface area contributed by atoms with E-state index in [-0.39, 0.29) is 5.91 Å².